The van der Waals surface area contributed by atoms with Crippen LogP contribution in [0.5, 0.6) is 0 Å². The van der Waals surface area contributed by atoms with Crippen molar-refractivity contribution in [2.24, 2.45) is 0 Å². The largest absolute Gasteiger partial charge is 0.294 e. The fourth-order valence-electron chi connectivity index (χ4n) is 3.45. The van der Waals surface area contributed by atoms with E-state index in [0.717, 1.165) is 5.56 Å². The third-order valence-electron chi connectivity index (χ3n) is 5.62. The number of hydrogen-bond donors (Lipinski definition) is 0. The average molecular weight is 407 g/mol. The van der Waals surface area contributed by atoms with E-state index in [2.05, 4.69) is 43.9 Å². The van der Waals surface area contributed by atoms with Crippen molar-refractivity contribution in [1.29, 1.82) is 0 Å². The molecule has 0 aliphatic carbocycles. The number of halogens is 1. The molecule has 1 fully saturated rings. The van der Waals surface area contributed by atoms with Crippen LogP contribution >= 0.6 is 11.6 Å². The molecule has 1 aliphatic rings. The minimum Gasteiger partial charge on any atom is -0.294 e. The Bertz CT molecular complexity index is 935. The number of aryl methyl sites for hydroxylation is 3. The topological polar surface area (TPSA) is 40.6 Å². The highest BCUT2D eigenvalue weighted by Crippen LogP contribution is 2.27. The quantitative estimate of drug-likeness (QED) is 0.758. The molecule has 2 aromatic rings. The van der Waals surface area contributed by atoms with Crippen molar-refractivity contribution >= 4 is 21.6 Å². The van der Waals surface area contributed by atoms with Crippen molar-refractivity contribution in [1.82, 2.24) is 9.21 Å². The van der Waals surface area contributed by atoms with Crippen LogP contribution in [0.15, 0.2) is 41.3 Å². The molecule has 0 N–H and O–H groups in total. The fraction of sp³-hybridized carbons (Fsp3) is 0.429. The first-order valence-corrected chi connectivity index (χ1v) is 11.1. The second kappa shape index (κ2) is 7.92. The SMILES string of the molecule is Cc1ccc([C@H](C)N2CCN(S(=O)(=O)c3ccc(C)c(Cl)c3)CC2)cc1C. The lowest BCUT2D eigenvalue weighted by Gasteiger charge is -2.37. The Morgan fingerprint density at radius 2 is 1.52 bits per heavy atom. The zero-order chi connectivity index (χ0) is 19.8. The van der Waals surface area contributed by atoms with Gasteiger partial charge in [-0.05, 0) is 62.1 Å². The van der Waals surface area contributed by atoms with Crippen LogP contribution in [0.25, 0.3) is 0 Å². The number of piperazine rings is 1. The van der Waals surface area contributed by atoms with Gasteiger partial charge in [0.25, 0.3) is 0 Å². The molecule has 0 aromatic heterocycles. The highest BCUT2D eigenvalue weighted by atomic mass is 35.5. The molecule has 1 atom stereocenters. The Kier molecular flexibility index (Phi) is 5.96. The van der Waals surface area contributed by atoms with Crippen LogP contribution < -0.4 is 0 Å². The van der Waals surface area contributed by atoms with E-state index in [9.17, 15) is 8.42 Å². The van der Waals surface area contributed by atoms with Crippen LogP contribution in [0.3, 0.4) is 0 Å². The van der Waals surface area contributed by atoms with E-state index in [4.69, 9.17) is 11.6 Å². The summed E-state index contributed by atoms with van der Waals surface area (Å²) in [6.45, 7) is 10.7. The summed E-state index contributed by atoms with van der Waals surface area (Å²) >= 11 is 6.12. The van der Waals surface area contributed by atoms with E-state index in [1.807, 2.05) is 6.92 Å². The summed E-state index contributed by atoms with van der Waals surface area (Å²) in [5.74, 6) is 0. The van der Waals surface area contributed by atoms with Gasteiger partial charge >= 0.3 is 0 Å². The van der Waals surface area contributed by atoms with Crippen LogP contribution in [0.2, 0.25) is 5.02 Å². The fourth-order valence-corrected chi connectivity index (χ4v) is 5.14. The predicted octanol–water partition coefficient (Wildman–Crippen LogP) is 4.33. The summed E-state index contributed by atoms with van der Waals surface area (Å²) in [7, 11) is -3.51. The van der Waals surface area contributed by atoms with Gasteiger partial charge in [0.15, 0.2) is 0 Å². The van der Waals surface area contributed by atoms with E-state index >= 15 is 0 Å². The Balaban J connectivity index is 1.70. The molecular weight excluding hydrogens is 380 g/mol. The second-order valence-corrected chi connectivity index (χ2v) is 9.72. The molecule has 4 nitrogen and oxygen atoms in total. The molecule has 0 unspecified atom stereocenters. The average Bonchev–Trinajstić information content (AvgIpc) is 2.65. The lowest BCUT2D eigenvalue weighted by Crippen LogP contribution is -2.49. The van der Waals surface area contributed by atoms with Gasteiger partial charge < -0.3 is 0 Å². The summed E-state index contributed by atoms with van der Waals surface area (Å²) in [6.07, 6.45) is 0. The molecule has 6 heteroatoms. The molecule has 0 spiro atoms. The monoisotopic (exact) mass is 406 g/mol. The highest BCUT2D eigenvalue weighted by molar-refractivity contribution is 7.89. The van der Waals surface area contributed by atoms with Crippen molar-refractivity contribution in [3.63, 3.8) is 0 Å². The molecule has 146 valence electrons. The third kappa shape index (κ3) is 4.21. The summed E-state index contributed by atoms with van der Waals surface area (Å²) in [6, 6.07) is 11.8. The first kappa shape index (κ1) is 20.3. The van der Waals surface area contributed by atoms with Gasteiger partial charge in [-0.15, -0.1) is 0 Å². The summed E-state index contributed by atoms with van der Waals surface area (Å²) in [5, 5.41) is 0.484. The Morgan fingerprint density at radius 3 is 2.11 bits per heavy atom. The minimum atomic E-state index is -3.51. The summed E-state index contributed by atoms with van der Waals surface area (Å²) < 4.78 is 27.4. The molecule has 2 aromatic carbocycles. The van der Waals surface area contributed by atoms with Crippen molar-refractivity contribution in [3.05, 3.63) is 63.7 Å². The molecule has 3 rings (SSSR count). The molecule has 1 heterocycles. The summed E-state index contributed by atoms with van der Waals surface area (Å²) in [5.41, 5.74) is 4.73. The first-order chi connectivity index (χ1) is 12.7. The lowest BCUT2D eigenvalue weighted by atomic mass is 10.0. The maximum atomic E-state index is 12.9. The van der Waals surface area contributed by atoms with Gasteiger partial charge in [0.1, 0.15) is 0 Å². The smallest absolute Gasteiger partial charge is 0.243 e. The van der Waals surface area contributed by atoms with Crippen LogP contribution in [-0.2, 0) is 10.0 Å². The normalized spacial score (nSPS) is 17.8. The molecule has 0 radical (unpaired) electrons. The molecule has 0 amide bonds. The Labute approximate surface area is 167 Å². The van der Waals surface area contributed by atoms with Gasteiger partial charge in [0, 0.05) is 37.2 Å². The van der Waals surface area contributed by atoms with Crippen molar-refractivity contribution < 1.29 is 8.42 Å². The lowest BCUT2D eigenvalue weighted by molar-refractivity contribution is 0.146. The molecule has 0 bridgehead atoms. The molecular formula is C21H27ClN2O2S. The van der Waals surface area contributed by atoms with Crippen LogP contribution in [0.4, 0.5) is 0 Å². The number of nitrogens with zero attached hydrogens (tertiary/aromatic N) is 2. The van der Waals surface area contributed by atoms with Crippen LogP contribution in [0, 0.1) is 20.8 Å². The zero-order valence-corrected chi connectivity index (χ0v) is 17.9. The van der Waals surface area contributed by atoms with Gasteiger partial charge in [-0.1, -0.05) is 35.9 Å². The second-order valence-electron chi connectivity index (χ2n) is 7.37. The van der Waals surface area contributed by atoms with Crippen LogP contribution in [-0.4, -0.2) is 43.8 Å². The van der Waals surface area contributed by atoms with Gasteiger partial charge in [0.2, 0.25) is 10.0 Å². The Hall–Kier alpha value is -1.40. The van der Waals surface area contributed by atoms with E-state index in [-0.39, 0.29) is 10.9 Å². The number of hydrogen-bond acceptors (Lipinski definition) is 3. The molecule has 0 saturated carbocycles. The predicted molar refractivity (Wildman–Crippen MR) is 111 cm³/mol. The van der Waals surface area contributed by atoms with Gasteiger partial charge in [-0.2, -0.15) is 4.31 Å². The third-order valence-corrected chi connectivity index (χ3v) is 7.92. The number of sulfonamides is 1. The molecule has 27 heavy (non-hydrogen) atoms. The minimum absolute atomic E-state index is 0.267. The standard InChI is InChI=1S/C21H27ClN2O2S/c1-15-5-7-19(13-17(15)3)18(4)23-9-11-24(12-10-23)27(25,26)20-8-6-16(2)21(22)14-20/h5-8,13-14,18H,9-12H2,1-4H3/t18-/m0/s1. The van der Waals surface area contributed by atoms with Crippen molar-refractivity contribution in [2.45, 2.75) is 38.6 Å². The van der Waals surface area contributed by atoms with E-state index < -0.39 is 10.0 Å². The maximum absolute atomic E-state index is 12.9. The van der Waals surface area contributed by atoms with E-state index in [1.165, 1.54) is 16.7 Å². The molecule has 1 saturated heterocycles. The first-order valence-electron chi connectivity index (χ1n) is 9.27. The highest BCUT2D eigenvalue weighted by Gasteiger charge is 2.30. The van der Waals surface area contributed by atoms with Crippen molar-refractivity contribution in [2.75, 3.05) is 26.2 Å². The Morgan fingerprint density at radius 1 is 0.889 bits per heavy atom. The summed E-state index contributed by atoms with van der Waals surface area (Å²) in [4.78, 5) is 2.62. The maximum Gasteiger partial charge on any atom is 0.243 e. The van der Waals surface area contributed by atoms with Crippen LogP contribution in [0.1, 0.15) is 35.2 Å². The molecule has 1 aliphatic heterocycles. The number of rotatable bonds is 4. The van der Waals surface area contributed by atoms with Gasteiger partial charge in [0.05, 0.1) is 4.90 Å². The van der Waals surface area contributed by atoms with Gasteiger partial charge in [-0.3, -0.25) is 4.90 Å². The van der Waals surface area contributed by atoms with Crippen molar-refractivity contribution in [3.8, 4) is 0 Å². The van der Waals surface area contributed by atoms with E-state index in [0.29, 0.717) is 31.2 Å². The zero-order valence-electron chi connectivity index (χ0n) is 16.4. The number of benzene rings is 2. The van der Waals surface area contributed by atoms with E-state index in [1.54, 1.807) is 22.5 Å². The van der Waals surface area contributed by atoms with Gasteiger partial charge in [-0.25, -0.2) is 8.42 Å².